The van der Waals surface area contributed by atoms with E-state index in [-0.39, 0.29) is 23.3 Å². The lowest BCUT2D eigenvalue weighted by Crippen LogP contribution is -3.00. The SMILES string of the molecule is C#CCN1c2ccccc2N(CC)C1N.[Br-]. The van der Waals surface area contributed by atoms with Crippen LogP contribution in [0.25, 0.3) is 0 Å². The van der Waals surface area contributed by atoms with Crippen molar-refractivity contribution in [3.63, 3.8) is 0 Å². The summed E-state index contributed by atoms with van der Waals surface area (Å²) in [6.45, 7) is 3.53. The summed E-state index contributed by atoms with van der Waals surface area (Å²) in [6, 6.07) is 8.17. The van der Waals surface area contributed by atoms with Gasteiger partial charge in [-0.3, -0.25) is 5.73 Å². The summed E-state index contributed by atoms with van der Waals surface area (Å²) < 4.78 is 0. The van der Waals surface area contributed by atoms with Crippen LogP contribution >= 0.6 is 0 Å². The molecule has 0 fully saturated rings. The van der Waals surface area contributed by atoms with E-state index in [9.17, 15) is 0 Å². The molecule has 0 spiro atoms. The number of para-hydroxylation sites is 2. The highest BCUT2D eigenvalue weighted by Crippen LogP contribution is 2.36. The van der Waals surface area contributed by atoms with Crippen molar-refractivity contribution in [3.05, 3.63) is 24.3 Å². The standard InChI is InChI=1S/C12H15N3.BrH/c1-3-9-15-11-8-6-5-7-10(11)14(4-2)12(15)13;/h1,5-8,12H,4,9,13H2,2H3;1H/p-1. The number of rotatable bonds is 2. The van der Waals surface area contributed by atoms with E-state index in [1.165, 1.54) is 5.69 Å². The van der Waals surface area contributed by atoms with Crippen molar-refractivity contribution in [2.24, 2.45) is 5.73 Å². The van der Waals surface area contributed by atoms with Crippen LogP contribution in [0.15, 0.2) is 24.3 Å². The van der Waals surface area contributed by atoms with Crippen LogP contribution in [-0.4, -0.2) is 19.4 Å². The van der Waals surface area contributed by atoms with Crippen molar-refractivity contribution in [3.8, 4) is 12.3 Å². The largest absolute Gasteiger partial charge is 1.00 e. The van der Waals surface area contributed by atoms with Crippen molar-refractivity contribution < 1.29 is 17.0 Å². The van der Waals surface area contributed by atoms with Gasteiger partial charge in [0, 0.05) is 6.54 Å². The molecular formula is C12H15BrN3-. The number of fused-ring (bicyclic) bond motifs is 1. The first-order valence-corrected chi connectivity index (χ1v) is 5.11. The zero-order valence-electron chi connectivity index (χ0n) is 9.23. The first kappa shape index (κ1) is 12.9. The Labute approximate surface area is 107 Å². The second-order valence-electron chi connectivity index (χ2n) is 3.52. The average molecular weight is 281 g/mol. The van der Waals surface area contributed by atoms with Gasteiger partial charge in [0.05, 0.1) is 17.9 Å². The van der Waals surface area contributed by atoms with Crippen LogP contribution in [0.3, 0.4) is 0 Å². The van der Waals surface area contributed by atoms with E-state index in [2.05, 4.69) is 29.9 Å². The van der Waals surface area contributed by atoms with Gasteiger partial charge in [-0.2, -0.15) is 0 Å². The molecule has 1 aliphatic heterocycles. The van der Waals surface area contributed by atoms with Crippen molar-refractivity contribution in [2.45, 2.75) is 13.2 Å². The number of terminal acetylenes is 1. The summed E-state index contributed by atoms with van der Waals surface area (Å²) in [6.07, 6.45) is 5.21. The first-order chi connectivity index (χ1) is 7.29. The summed E-state index contributed by atoms with van der Waals surface area (Å²) in [5.74, 6) is 2.64. The fraction of sp³-hybridized carbons (Fsp3) is 0.333. The second kappa shape index (κ2) is 5.24. The topological polar surface area (TPSA) is 32.5 Å². The Kier molecular flexibility index (Phi) is 4.22. The van der Waals surface area contributed by atoms with Gasteiger partial charge in [-0.15, -0.1) is 6.42 Å². The molecule has 86 valence electrons. The Bertz CT molecular complexity index is 399. The number of hydrogen-bond acceptors (Lipinski definition) is 3. The van der Waals surface area contributed by atoms with Crippen LogP contribution in [0, 0.1) is 12.3 Å². The lowest BCUT2D eigenvalue weighted by Gasteiger charge is -2.27. The minimum atomic E-state index is -0.136. The molecule has 2 N–H and O–H groups in total. The third-order valence-corrected chi connectivity index (χ3v) is 2.74. The number of anilines is 2. The van der Waals surface area contributed by atoms with Gasteiger partial charge in [0.1, 0.15) is 0 Å². The molecule has 0 bridgehead atoms. The van der Waals surface area contributed by atoms with Gasteiger partial charge in [-0.1, -0.05) is 18.1 Å². The molecule has 4 heteroatoms. The summed E-state index contributed by atoms with van der Waals surface area (Å²) in [4.78, 5) is 4.19. The van der Waals surface area contributed by atoms with E-state index < -0.39 is 0 Å². The van der Waals surface area contributed by atoms with E-state index in [0.29, 0.717) is 6.54 Å². The van der Waals surface area contributed by atoms with Crippen LogP contribution in [0.2, 0.25) is 0 Å². The van der Waals surface area contributed by atoms with Gasteiger partial charge in [-0.05, 0) is 19.1 Å². The van der Waals surface area contributed by atoms with E-state index >= 15 is 0 Å². The number of hydrogen-bond donors (Lipinski definition) is 1. The summed E-state index contributed by atoms with van der Waals surface area (Å²) >= 11 is 0. The zero-order valence-corrected chi connectivity index (χ0v) is 10.8. The highest BCUT2D eigenvalue weighted by molar-refractivity contribution is 5.77. The van der Waals surface area contributed by atoms with Crippen molar-refractivity contribution in [1.29, 1.82) is 0 Å². The number of benzene rings is 1. The maximum atomic E-state index is 6.13. The molecule has 0 saturated carbocycles. The van der Waals surface area contributed by atoms with Crippen molar-refractivity contribution in [2.75, 3.05) is 22.9 Å². The lowest BCUT2D eigenvalue weighted by atomic mass is 10.2. The van der Waals surface area contributed by atoms with Gasteiger partial charge in [-0.25, -0.2) is 0 Å². The van der Waals surface area contributed by atoms with Crippen LogP contribution in [-0.2, 0) is 0 Å². The lowest BCUT2D eigenvalue weighted by molar-refractivity contribution is -0.00000311. The number of nitrogens with two attached hydrogens (primary N) is 1. The maximum absolute atomic E-state index is 6.13. The van der Waals surface area contributed by atoms with Crippen LogP contribution in [0.4, 0.5) is 11.4 Å². The van der Waals surface area contributed by atoms with E-state index in [0.717, 1.165) is 12.2 Å². The minimum Gasteiger partial charge on any atom is -1.00 e. The molecule has 1 atom stereocenters. The molecule has 1 unspecified atom stereocenters. The highest BCUT2D eigenvalue weighted by Gasteiger charge is 2.30. The molecule has 0 aliphatic carbocycles. The Balaban J connectivity index is 0.00000128. The predicted octanol–water partition coefficient (Wildman–Crippen LogP) is -1.79. The molecule has 1 aromatic rings. The van der Waals surface area contributed by atoms with Crippen molar-refractivity contribution in [1.82, 2.24) is 0 Å². The normalized spacial score (nSPS) is 17.7. The van der Waals surface area contributed by atoms with Gasteiger partial charge in [0.2, 0.25) is 0 Å². The van der Waals surface area contributed by atoms with Crippen LogP contribution in [0.1, 0.15) is 6.92 Å². The van der Waals surface area contributed by atoms with Gasteiger partial charge < -0.3 is 26.8 Å². The zero-order chi connectivity index (χ0) is 10.8. The fourth-order valence-electron chi connectivity index (χ4n) is 2.04. The Hall–Kier alpha value is -1.18. The molecule has 2 rings (SSSR count). The average Bonchev–Trinajstić information content (AvgIpc) is 2.53. The van der Waals surface area contributed by atoms with E-state index in [1.54, 1.807) is 0 Å². The molecule has 1 aromatic carbocycles. The monoisotopic (exact) mass is 280 g/mol. The molecule has 16 heavy (non-hydrogen) atoms. The molecule has 1 heterocycles. The molecule has 0 radical (unpaired) electrons. The van der Waals surface area contributed by atoms with Gasteiger partial charge >= 0.3 is 0 Å². The second-order valence-corrected chi connectivity index (χ2v) is 3.52. The summed E-state index contributed by atoms with van der Waals surface area (Å²) in [7, 11) is 0. The highest BCUT2D eigenvalue weighted by atomic mass is 79.9. The molecule has 0 aromatic heterocycles. The quantitative estimate of drug-likeness (QED) is 0.650. The van der Waals surface area contributed by atoms with Crippen molar-refractivity contribution >= 4 is 11.4 Å². The molecule has 0 saturated heterocycles. The van der Waals surface area contributed by atoms with Crippen LogP contribution in [0.5, 0.6) is 0 Å². The number of nitrogens with zero attached hydrogens (tertiary/aromatic N) is 2. The Morgan fingerprint density at radius 2 is 1.88 bits per heavy atom. The van der Waals surface area contributed by atoms with Gasteiger partial charge in [0.15, 0.2) is 6.29 Å². The Morgan fingerprint density at radius 1 is 1.31 bits per heavy atom. The Morgan fingerprint density at radius 3 is 2.38 bits per heavy atom. The predicted molar refractivity (Wildman–Crippen MR) is 63.6 cm³/mol. The van der Waals surface area contributed by atoms with E-state index in [4.69, 9.17) is 12.2 Å². The van der Waals surface area contributed by atoms with E-state index in [1.807, 2.05) is 17.0 Å². The molecule has 3 nitrogen and oxygen atoms in total. The third-order valence-electron chi connectivity index (χ3n) is 2.74. The van der Waals surface area contributed by atoms with Crippen LogP contribution < -0.4 is 32.5 Å². The summed E-state index contributed by atoms with van der Waals surface area (Å²) in [5.41, 5.74) is 8.43. The summed E-state index contributed by atoms with van der Waals surface area (Å²) in [5, 5.41) is 0. The number of halogens is 1. The third kappa shape index (κ3) is 1.89. The minimum absolute atomic E-state index is 0. The molecule has 0 amide bonds. The van der Waals surface area contributed by atoms with Gasteiger partial charge in [0.25, 0.3) is 0 Å². The fourth-order valence-corrected chi connectivity index (χ4v) is 2.04. The first-order valence-electron chi connectivity index (χ1n) is 5.11. The molecular weight excluding hydrogens is 266 g/mol. The smallest absolute Gasteiger partial charge is 0.156 e. The molecule has 1 aliphatic rings. The maximum Gasteiger partial charge on any atom is 0.156 e.